The summed E-state index contributed by atoms with van der Waals surface area (Å²) in [7, 11) is 3.26. The minimum Gasteiger partial charge on any atom is -0.496 e. The molecule has 1 amide bonds. The topological polar surface area (TPSA) is 64.5 Å². The predicted molar refractivity (Wildman–Crippen MR) is 123 cm³/mol. The smallest absolute Gasteiger partial charge is 0.233 e. The van der Waals surface area contributed by atoms with Crippen LogP contribution in [0.5, 0.6) is 11.5 Å². The molecular formula is C24H23N3O3S. The third kappa shape index (κ3) is 4.51. The SMILES string of the molecule is COc1ccc(CC(=O)N(Cc2ccccn2)c2nc3c(OC)cccc3s2)cc1C. The summed E-state index contributed by atoms with van der Waals surface area (Å²) in [4.78, 5) is 24.3. The average Bonchev–Trinajstić information content (AvgIpc) is 3.22. The van der Waals surface area contributed by atoms with Crippen molar-refractivity contribution in [1.29, 1.82) is 0 Å². The molecule has 0 aliphatic rings. The molecule has 0 unspecified atom stereocenters. The number of para-hydroxylation sites is 1. The fourth-order valence-electron chi connectivity index (χ4n) is 3.43. The number of hydrogen-bond acceptors (Lipinski definition) is 6. The Bertz CT molecular complexity index is 1210. The molecule has 0 saturated heterocycles. The summed E-state index contributed by atoms with van der Waals surface area (Å²) in [5, 5.41) is 0.625. The molecule has 0 spiro atoms. The van der Waals surface area contributed by atoms with Gasteiger partial charge in [-0.25, -0.2) is 4.98 Å². The van der Waals surface area contributed by atoms with Crippen LogP contribution in [0.15, 0.2) is 60.8 Å². The second-order valence-electron chi connectivity index (χ2n) is 7.09. The van der Waals surface area contributed by atoms with Crippen LogP contribution >= 0.6 is 11.3 Å². The Balaban J connectivity index is 1.69. The van der Waals surface area contributed by atoms with Gasteiger partial charge in [-0.1, -0.05) is 35.6 Å². The van der Waals surface area contributed by atoms with Crippen molar-refractivity contribution in [2.24, 2.45) is 0 Å². The fraction of sp³-hybridized carbons (Fsp3) is 0.208. The number of aromatic nitrogens is 2. The Labute approximate surface area is 185 Å². The van der Waals surface area contributed by atoms with Gasteiger partial charge in [-0.2, -0.15) is 0 Å². The van der Waals surface area contributed by atoms with Crippen LogP contribution in [0.1, 0.15) is 16.8 Å². The highest BCUT2D eigenvalue weighted by Gasteiger charge is 2.22. The summed E-state index contributed by atoms with van der Waals surface area (Å²) in [6, 6.07) is 17.3. The Morgan fingerprint density at radius 2 is 1.87 bits per heavy atom. The lowest BCUT2D eigenvalue weighted by Gasteiger charge is -2.20. The molecule has 7 heteroatoms. The van der Waals surface area contributed by atoms with E-state index in [9.17, 15) is 4.79 Å². The third-order valence-corrected chi connectivity index (χ3v) is 6.03. The van der Waals surface area contributed by atoms with Crippen molar-refractivity contribution < 1.29 is 14.3 Å². The van der Waals surface area contributed by atoms with Crippen molar-refractivity contribution in [2.45, 2.75) is 19.9 Å². The Kier molecular flexibility index (Phi) is 6.13. The molecule has 0 bridgehead atoms. The normalized spacial score (nSPS) is 10.8. The van der Waals surface area contributed by atoms with Crippen molar-refractivity contribution in [3.8, 4) is 11.5 Å². The highest BCUT2D eigenvalue weighted by molar-refractivity contribution is 7.22. The van der Waals surface area contributed by atoms with E-state index in [1.807, 2.05) is 61.5 Å². The van der Waals surface area contributed by atoms with Gasteiger partial charge in [-0.15, -0.1) is 0 Å². The molecule has 6 nitrogen and oxygen atoms in total. The van der Waals surface area contributed by atoms with Gasteiger partial charge in [0.2, 0.25) is 5.91 Å². The number of hydrogen-bond donors (Lipinski definition) is 0. The van der Waals surface area contributed by atoms with Crippen LogP contribution < -0.4 is 14.4 Å². The third-order valence-electron chi connectivity index (χ3n) is 4.98. The van der Waals surface area contributed by atoms with Crippen LogP contribution in [-0.2, 0) is 17.8 Å². The predicted octanol–water partition coefficient (Wildman–Crippen LogP) is 4.79. The van der Waals surface area contributed by atoms with E-state index in [0.29, 0.717) is 17.4 Å². The van der Waals surface area contributed by atoms with E-state index >= 15 is 0 Å². The van der Waals surface area contributed by atoms with E-state index in [4.69, 9.17) is 14.5 Å². The first-order valence-electron chi connectivity index (χ1n) is 9.86. The van der Waals surface area contributed by atoms with Crippen molar-refractivity contribution in [1.82, 2.24) is 9.97 Å². The Morgan fingerprint density at radius 3 is 2.58 bits per heavy atom. The standard InChI is InChI=1S/C24H23N3O3S/c1-16-13-17(10-11-19(16)29-2)14-22(28)27(15-18-7-4-5-12-25-18)24-26-23-20(30-3)8-6-9-21(23)31-24/h4-13H,14-15H2,1-3H3. The van der Waals surface area contributed by atoms with Crippen molar-refractivity contribution in [3.63, 3.8) is 0 Å². The zero-order valence-corrected chi connectivity index (χ0v) is 18.5. The second-order valence-corrected chi connectivity index (χ2v) is 8.09. The average molecular weight is 434 g/mol. The maximum Gasteiger partial charge on any atom is 0.233 e. The number of benzene rings is 2. The van der Waals surface area contributed by atoms with E-state index in [1.54, 1.807) is 25.3 Å². The molecule has 4 aromatic rings. The van der Waals surface area contributed by atoms with Gasteiger partial charge >= 0.3 is 0 Å². The lowest BCUT2D eigenvalue weighted by Crippen LogP contribution is -2.32. The molecule has 0 atom stereocenters. The van der Waals surface area contributed by atoms with E-state index in [1.165, 1.54) is 11.3 Å². The number of fused-ring (bicyclic) bond motifs is 1. The van der Waals surface area contributed by atoms with Gasteiger partial charge in [0.1, 0.15) is 17.0 Å². The maximum absolute atomic E-state index is 13.4. The van der Waals surface area contributed by atoms with Crippen molar-refractivity contribution in [3.05, 3.63) is 77.6 Å². The number of pyridine rings is 1. The molecule has 0 N–H and O–H groups in total. The molecule has 158 valence electrons. The number of anilines is 1. The molecule has 2 aromatic heterocycles. The number of rotatable bonds is 7. The zero-order valence-electron chi connectivity index (χ0n) is 17.7. The Hall–Kier alpha value is -3.45. The molecule has 0 fully saturated rings. The van der Waals surface area contributed by atoms with Gasteiger partial charge in [0.15, 0.2) is 5.13 Å². The molecule has 0 radical (unpaired) electrons. The van der Waals surface area contributed by atoms with E-state index in [2.05, 4.69) is 4.98 Å². The van der Waals surface area contributed by atoms with E-state index in [-0.39, 0.29) is 12.3 Å². The number of methoxy groups -OCH3 is 2. The first-order chi connectivity index (χ1) is 15.1. The van der Waals surface area contributed by atoms with Gasteiger partial charge in [0.05, 0.1) is 37.6 Å². The maximum atomic E-state index is 13.4. The summed E-state index contributed by atoms with van der Waals surface area (Å²) in [5.41, 5.74) is 3.47. The van der Waals surface area contributed by atoms with Crippen LogP contribution in [0.2, 0.25) is 0 Å². The summed E-state index contributed by atoms with van der Waals surface area (Å²) < 4.78 is 11.7. The molecule has 0 aliphatic heterocycles. The number of amides is 1. The summed E-state index contributed by atoms with van der Waals surface area (Å²) in [5.74, 6) is 1.45. The van der Waals surface area contributed by atoms with Gasteiger partial charge in [-0.05, 0) is 48.4 Å². The molecule has 0 aliphatic carbocycles. The molecule has 0 saturated carbocycles. The number of ether oxygens (including phenoxy) is 2. The number of nitrogens with zero attached hydrogens (tertiary/aromatic N) is 3. The second kappa shape index (κ2) is 9.14. The minimum atomic E-state index is -0.0479. The minimum absolute atomic E-state index is 0.0479. The zero-order chi connectivity index (χ0) is 21.8. The van der Waals surface area contributed by atoms with Gasteiger partial charge in [0.25, 0.3) is 0 Å². The monoisotopic (exact) mass is 433 g/mol. The summed E-state index contributed by atoms with van der Waals surface area (Å²) in [6.45, 7) is 2.31. The van der Waals surface area contributed by atoms with Crippen LogP contribution in [0, 0.1) is 6.92 Å². The van der Waals surface area contributed by atoms with E-state index in [0.717, 1.165) is 32.8 Å². The first-order valence-corrected chi connectivity index (χ1v) is 10.7. The number of aryl methyl sites for hydroxylation is 1. The molecule has 2 aromatic carbocycles. The highest BCUT2D eigenvalue weighted by Crippen LogP contribution is 2.35. The van der Waals surface area contributed by atoms with Crippen LogP contribution in [0.25, 0.3) is 10.2 Å². The molecule has 2 heterocycles. The van der Waals surface area contributed by atoms with Gasteiger partial charge in [-0.3, -0.25) is 14.7 Å². The van der Waals surface area contributed by atoms with Crippen molar-refractivity contribution >= 4 is 32.6 Å². The Morgan fingerprint density at radius 1 is 1.03 bits per heavy atom. The quantitative estimate of drug-likeness (QED) is 0.419. The van der Waals surface area contributed by atoms with Crippen LogP contribution in [0.3, 0.4) is 0 Å². The number of carbonyl (C=O) groups is 1. The van der Waals surface area contributed by atoms with Crippen LogP contribution in [0.4, 0.5) is 5.13 Å². The van der Waals surface area contributed by atoms with Crippen molar-refractivity contribution in [2.75, 3.05) is 19.1 Å². The lowest BCUT2D eigenvalue weighted by molar-refractivity contribution is -0.118. The lowest BCUT2D eigenvalue weighted by atomic mass is 10.1. The highest BCUT2D eigenvalue weighted by atomic mass is 32.1. The fourth-order valence-corrected chi connectivity index (χ4v) is 4.43. The van der Waals surface area contributed by atoms with Gasteiger partial charge in [0, 0.05) is 6.20 Å². The summed E-state index contributed by atoms with van der Waals surface area (Å²) in [6.07, 6.45) is 1.98. The van der Waals surface area contributed by atoms with Gasteiger partial charge < -0.3 is 9.47 Å². The summed E-state index contributed by atoms with van der Waals surface area (Å²) >= 11 is 1.47. The number of carbonyl (C=O) groups excluding carboxylic acids is 1. The first kappa shape index (κ1) is 20.8. The number of thiazole rings is 1. The molecular weight excluding hydrogens is 410 g/mol. The van der Waals surface area contributed by atoms with E-state index < -0.39 is 0 Å². The largest absolute Gasteiger partial charge is 0.496 e. The molecule has 4 rings (SSSR count). The van der Waals surface area contributed by atoms with Crippen LogP contribution in [-0.4, -0.2) is 30.1 Å². The molecule has 31 heavy (non-hydrogen) atoms.